The Kier molecular flexibility index (Phi) is 3.99. The molecule has 0 aliphatic carbocycles. The van der Waals surface area contributed by atoms with E-state index in [9.17, 15) is 9.18 Å². The molecule has 108 valence electrons. The Morgan fingerprint density at radius 3 is 2.70 bits per heavy atom. The van der Waals surface area contributed by atoms with Crippen molar-refractivity contribution in [2.45, 2.75) is 32.9 Å². The molecule has 1 heterocycles. The van der Waals surface area contributed by atoms with Crippen molar-refractivity contribution in [3.05, 3.63) is 22.4 Å². The summed E-state index contributed by atoms with van der Waals surface area (Å²) in [5.41, 5.74) is 6.89. The van der Waals surface area contributed by atoms with Crippen molar-refractivity contribution in [2.75, 3.05) is 5.73 Å². The molecule has 1 aromatic heterocycles. The summed E-state index contributed by atoms with van der Waals surface area (Å²) in [6.45, 7) is 5.49. The van der Waals surface area contributed by atoms with Gasteiger partial charge in [-0.15, -0.1) is 0 Å². The van der Waals surface area contributed by atoms with Gasteiger partial charge in [0, 0.05) is 12.1 Å². The zero-order chi connectivity index (χ0) is 15.0. The number of amides is 1. The second kappa shape index (κ2) is 5.40. The van der Waals surface area contributed by atoms with Gasteiger partial charge < -0.3 is 11.1 Å². The Balaban J connectivity index is 2.51. The van der Waals surface area contributed by atoms with E-state index in [0.717, 1.165) is 0 Å². The van der Waals surface area contributed by atoms with Crippen LogP contribution in [0.25, 0.3) is 11.0 Å². The van der Waals surface area contributed by atoms with E-state index in [4.69, 9.17) is 5.73 Å². The molecule has 1 unspecified atom stereocenters. The maximum Gasteiger partial charge on any atom is 0.243 e. The minimum atomic E-state index is -0.528. The lowest BCUT2D eigenvalue weighted by molar-refractivity contribution is -0.124. The number of anilines is 1. The first-order valence-corrected chi connectivity index (χ1v) is 7.03. The summed E-state index contributed by atoms with van der Waals surface area (Å²) in [6, 6.07) is 2.37. The molecule has 0 bridgehead atoms. The molecule has 0 aliphatic heterocycles. The molecular weight excluding hydrogens is 327 g/mol. The molecule has 0 aliphatic rings. The fraction of sp³-hybridized carbons (Fsp3) is 0.385. The van der Waals surface area contributed by atoms with Crippen LogP contribution in [0.5, 0.6) is 0 Å². The summed E-state index contributed by atoms with van der Waals surface area (Å²) in [5.74, 6) is -0.392. The van der Waals surface area contributed by atoms with Gasteiger partial charge in [0.1, 0.15) is 11.9 Å². The van der Waals surface area contributed by atoms with Gasteiger partial charge in [0.15, 0.2) is 0 Å². The van der Waals surface area contributed by atoms with Crippen LogP contribution in [0.1, 0.15) is 26.8 Å². The summed E-state index contributed by atoms with van der Waals surface area (Å²) < 4.78 is 15.4. The van der Waals surface area contributed by atoms with Gasteiger partial charge in [-0.1, -0.05) is 0 Å². The number of nitrogens with zero attached hydrogens (tertiary/aromatic N) is 2. The predicted molar refractivity (Wildman–Crippen MR) is 79.8 cm³/mol. The molecule has 0 spiro atoms. The number of carbonyl (C=O) groups excluding carboxylic acids is 1. The summed E-state index contributed by atoms with van der Waals surface area (Å²) in [7, 11) is 0. The lowest BCUT2D eigenvalue weighted by Gasteiger charge is -2.17. The number of hydrogen-bond acceptors (Lipinski definition) is 3. The molecule has 1 amide bonds. The number of rotatable bonds is 3. The molecule has 20 heavy (non-hydrogen) atoms. The molecular formula is C13H16BrFN4O. The topological polar surface area (TPSA) is 72.9 Å². The highest BCUT2D eigenvalue weighted by molar-refractivity contribution is 9.10. The van der Waals surface area contributed by atoms with Crippen LogP contribution < -0.4 is 11.1 Å². The van der Waals surface area contributed by atoms with Crippen LogP contribution in [0.4, 0.5) is 10.3 Å². The molecule has 0 fully saturated rings. The Labute approximate surface area is 124 Å². The van der Waals surface area contributed by atoms with Crippen molar-refractivity contribution in [2.24, 2.45) is 0 Å². The standard InChI is InChI=1S/C13H16BrFN4O/c1-6(2)17-12(20)7(3)19-11-4-8(14)9(15)5-10(11)18-13(19)16/h4-7H,1-3H3,(H2,16,18)(H,17,20). The lowest BCUT2D eigenvalue weighted by atomic mass is 10.2. The second-order valence-corrected chi connectivity index (χ2v) is 5.79. The van der Waals surface area contributed by atoms with Crippen molar-refractivity contribution in [1.29, 1.82) is 0 Å². The number of nitrogen functional groups attached to an aromatic ring is 1. The fourth-order valence-corrected chi connectivity index (χ4v) is 2.37. The van der Waals surface area contributed by atoms with E-state index < -0.39 is 11.9 Å². The quantitative estimate of drug-likeness (QED) is 0.900. The summed E-state index contributed by atoms with van der Waals surface area (Å²) >= 11 is 3.13. The third kappa shape index (κ3) is 2.63. The van der Waals surface area contributed by atoms with Crippen LogP contribution in [0.15, 0.2) is 16.6 Å². The largest absolute Gasteiger partial charge is 0.369 e. The highest BCUT2D eigenvalue weighted by Gasteiger charge is 2.21. The normalized spacial score (nSPS) is 12.9. The van der Waals surface area contributed by atoms with Gasteiger partial charge >= 0.3 is 0 Å². The number of halogens is 2. The van der Waals surface area contributed by atoms with E-state index in [1.165, 1.54) is 6.07 Å². The molecule has 7 heteroatoms. The third-order valence-electron chi connectivity index (χ3n) is 2.96. The number of nitrogens with one attached hydrogen (secondary N) is 1. The minimum absolute atomic E-state index is 0.0325. The summed E-state index contributed by atoms with van der Waals surface area (Å²) in [5, 5.41) is 2.82. The average Bonchev–Trinajstić information content (AvgIpc) is 2.63. The molecule has 0 saturated carbocycles. The maximum absolute atomic E-state index is 13.5. The number of nitrogens with two attached hydrogens (primary N) is 1. The van der Waals surface area contributed by atoms with Crippen LogP contribution in [-0.4, -0.2) is 21.5 Å². The molecule has 0 radical (unpaired) electrons. The Hall–Kier alpha value is -1.63. The zero-order valence-electron chi connectivity index (χ0n) is 11.4. The smallest absolute Gasteiger partial charge is 0.243 e. The number of carbonyl (C=O) groups is 1. The Morgan fingerprint density at radius 2 is 2.10 bits per heavy atom. The van der Waals surface area contributed by atoms with E-state index in [1.807, 2.05) is 13.8 Å². The lowest BCUT2D eigenvalue weighted by Crippen LogP contribution is -2.36. The van der Waals surface area contributed by atoms with Crippen molar-refractivity contribution in [3.8, 4) is 0 Å². The van der Waals surface area contributed by atoms with Gasteiger partial charge in [-0.05, 0) is 42.8 Å². The van der Waals surface area contributed by atoms with Crippen molar-refractivity contribution in [1.82, 2.24) is 14.9 Å². The fourth-order valence-electron chi connectivity index (χ4n) is 2.04. The van der Waals surface area contributed by atoms with Crippen LogP contribution >= 0.6 is 15.9 Å². The van der Waals surface area contributed by atoms with Crippen molar-refractivity contribution in [3.63, 3.8) is 0 Å². The highest BCUT2D eigenvalue weighted by Crippen LogP contribution is 2.27. The number of hydrogen-bond donors (Lipinski definition) is 2. The Bertz CT molecular complexity index is 668. The maximum atomic E-state index is 13.5. The van der Waals surface area contributed by atoms with Crippen LogP contribution in [0, 0.1) is 5.82 Å². The third-order valence-corrected chi connectivity index (χ3v) is 3.56. The van der Waals surface area contributed by atoms with Gasteiger partial charge in [0.2, 0.25) is 11.9 Å². The van der Waals surface area contributed by atoms with Gasteiger partial charge in [-0.2, -0.15) is 0 Å². The molecule has 1 aromatic carbocycles. The predicted octanol–water partition coefficient (Wildman–Crippen LogP) is 2.61. The van der Waals surface area contributed by atoms with E-state index in [2.05, 4.69) is 26.2 Å². The Morgan fingerprint density at radius 1 is 1.45 bits per heavy atom. The minimum Gasteiger partial charge on any atom is -0.369 e. The first-order chi connectivity index (χ1) is 9.31. The van der Waals surface area contributed by atoms with E-state index in [0.29, 0.717) is 15.5 Å². The average molecular weight is 343 g/mol. The molecule has 2 aromatic rings. The van der Waals surface area contributed by atoms with Gasteiger partial charge in [-0.3, -0.25) is 9.36 Å². The molecule has 3 N–H and O–H groups in total. The zero-order valence-corrected chi connectivity index (χ0v) is 13.0. The van der Waals surface area contributed by atoms with Crippen molar-refractivity contribution >= 4 is 38.8 Å². The molecule has 0 saturated heterocycles. The van der Waals surface area contributed by atoms with Gasteiger partial charge in [0.25, 0.3) is 0 Å². The number of benzene rings is 1. The van der Waals surface area contributed by atoms with E-state index >= 15 is 0 Å². The first-order valence-electron chi connectivity index (χ1n) is 6.24. The monoisotopic (exact) mass is 342 g/mol. The number of fused-ring (bicyclic) bond motifs is 1. The van der Waals surface area contributed by atoms with E-state index in [1.54, 1.807) is 17.6 Å². The van der Waals surface area contributed by atoms with Crippen LogP contribution in [0.2, 0.25) is 0 Å². The summed E-state index contributed by atoms with van der Waals surface area (Å²) in [6.07, 6.45) is 0. The van der Waals surface area contributed by atoms with E-state index in [-0.39, 0.29) is 17.9 Å². The highest BCUT2D eigenvalue weighted by atomic mass is 79.9. The molecule has 1 atom stereocenters. The second-order valence-electron chi connectivity index (χ2n) is 4.93. The van der Waals surface area contributed by atoms with Crippen molar-refractivity contribution < 1.29 is 9.18 Å². The number of aromatic nitrogens is 2. The SMILES string of the molecule is CC(C)NC(=O)C(C)n1c(N)nc2cc(F)c(Br)cc21. The first kappa shape index (κ1) is 14.8. The molecule has 2 rings (SSSR count). The number of imidazole rings is 1. The van der Waals surface area contributed by atoms with Gasteiger partial charge in [-0.25, -0.2) is 9.37 Å². The molecule has 5 nitrogen and oxygen atoms in total. The summed E-state index contributed by atoms with van der Waals surface area (Å²) in [4.78, 5) is 16.2. The van der Waals surface area contributed by atoms with Crippen LogP contribution in [0.3, 0.4) is 0 Å². The van der Waals surface area contributed by atoms with Gasteiger partial charge in [0.05, 0.1) is 15.5 Å². The van der Waals surface area contributed by atoms with Crippen LogP contribution in [-0.2, 0) is 4.79 Å².